The van der Waals surface area contributed by atoms with E-state index in [1.165, 1.54) is 109 Å². The van der Waals surface area contributed by atoms with Crippen LogP contribution in [0.1, 0.15) is 109 Å². The highest BCUT2D eigenvalue weighted by Gasteiger charge is 1.98. The lowest BCUT2D eigenvalue weighted by Gasteiger charge is -2.15. The first-order valence-corrected chi connectivity index (χ1v) is 12.2. The van der Waals surface area contributed by atoms with Crippen LogP contribution < -0.4 is 0 Å². The Kier molecular flexibility index (Phi) is 17.2. The molecule has 0 saturated heterocycles. The SMILES string of the molecule is CCCCCCCCCCCCCCCCN(C)CC/C=C/c1ccccc1. The van der Waals surface area contributed by atoms with Gasteiger partial charge in [0, 0.05) is 6.54 Å². The second-order valence-electron chi connectivity index (χ2n) is 8.50. The number of hydrogen-bond donors (Lipinski definition) is 0. The monoisotopic (exact) mass is 385 g/mol. The van der Waals surface area contributed by atoms with Gasteiger partial charge in [-0.05, 0) is 32.0 Å². The minimum atomic E-state index is 1.14. The summed E-state index contributed by atoms with van der Waals surface area (Å²) in [7, 11) is 2.26. The summed E-state index contributed by atoms with van der Waals surface area (Å²) in [5.41, 5.74) is 1.30. The van der Waals surface area contributed by atoms with E-state index in [9.17, 15) is 0 Å². The normalized spacial score (nSPS) is 11.7. The predicted molar refractivity (Wildman–Crippen MR) is 128 cm³/mol. The molecule has 1 nitrogen and oxygen atoms in total. The van der Waals surface area contributed by atoms with E-state index in [0.717, 1.165) is 6.42 Å². The zero-order valence-corrected chi connectivity index (χ0v) is 19.0. The Balaban J connectivity index is 1.80. The molecule has 0 aliphatic rings. The van der Waals surface area contributed by atoms with Crippen molar-refractivity contribution in [2.45, 2.75) is 103 Å². The molecule has 0 saturated carbocycles. The molecule has 0 aromatic heterocycles. The molecule has 0 unspecified atom stereocenters. The molecule has 0 aliphatic heterocycles. The summed E-state index contributed by atoms with van der Waals surface area (Å²) in [4.78, 5) is 2.48. The molecule has 1 rings (SSSR count). The Morgan fingerprint density at radius 1 is 0.643 bits per heavy atom. The second kappa shape index (κ2) is 19.2. The van der Waals surface area contributed by atoms with E-state index in [0.29, 0.717) is 0 Å². The summed E-state index contributed by atoms with van der Waals surface area (Å²) in [5.74, 6) is 0. The predicted octanol–water partition coefficient (Wildman–Crippen LogP) is 8.50. The van der Waals surface area contributed by atoms with Gasteiger partial charge in [-0.1, -0.05) is 133 Å². The minimum Gasteiger partial charge on any atom is -0.306 e. The molecular formula is C27H47N. The summed E-state index contributed by atoms with van der Waals surface area (Å²) in [6.45, 7) is 4.71. The van der Waals surface area contributed by atoms with Crippen molar-refractivity contribution < 1.29 is 0 Å². The summed E-state index contributed by atoms with van der Waals surface area (Å²) in [5, 5.41) is 0. The maximum absolute atomic E-state index is 2.48. The number of hydrogen-bond acceptors (Lipinski definition) is 1. The molecule has 1 heteroatoms. The third-order valence-electron chi connectivity index (χ3n) is 5.68. The lowest BCUT2D eigenvalue weighted by atomic mass is 10.0. The topological polar surface area (TPSA) is 3.24 Å². The van der Waals surface area contributed by atoms with Gasteiger partial charge >= 0.3 is 0 Å². The molecule has 0 amide bonds. The molecule has 160 valence electrons. The van der Waals surface area contributed by atoms with E-state index in [2.05, 4.69) is 61.4 Å². The van der Waals surface area contributed by atoms with E-state index in [1.54, 1.807) is 0 Å². The van der Waals surface area contributed by atoms with E-state index in [-0.39, 0.29) is 0 Å². The molecule has 1 aromatic carbocycles. The molecule has 0 fully saturated rings. The van der Waals surface area contributed by atoms with Crippen molar-refractivity contribution >= 4 is 6.08 Å². The van der Waals surface area contributed by atoms with Crippen LogP contribution in [0.25, 0.3) is 6.08 Å². The molecule has 0 N–H and O–H groups in total. The standard InChI is InChI=1S/C27H47N/c1-3-4-5-6-7-8-9-10-11-12-13-14-15-20-25-28(2)26-21-19-24-27-22-17-16-18-23-27/h16-19,22-24H,3-15,20-21,25-26H2,1-2H3/b24-19+. The quantitative estimate of drug-likeness (QED) is 0.216. The molecule has 0 heterocycles. The van der Waals surface area contributed by atoms with Crippen molar-refractivity contribution in [2.75, 3.05) is 20.1 Å². The zero-order chi connectivity index (χ0) is 20.1. The van der Waals surface area contributed by atoms with Gasteiger partial charge in [0.1, 0.15) is 0 Å². The van der Waals surface area contributed by atoms with Crippen molar-refractivity contribution in [3.63, 3.8) is 0 Å². The summed E-state index contributed by atoms with van der Waals surface area (Å²) >= 11 is 0. The average Bonchev–Trinajstić information content (AvgIpc) is 2.72. The third-order valence-corrected chi connectivity index (χ3v) is 5.68. The molecule has 1 aromatic rings. The van der Waals surface area contributed by atoms with Gasteiger partial charge in [0.15, 0.2) is 0 Å². The molecule has 0 atom stereocenters. The fourth-order valence-electron chi connectivity index (χ4n) is 3.77. The molecule has 0 radical (unpaired) electrons. The number of nitrogens with zero attached hydrogens (tertiary/aromatic N) is 1. The van der Waals surface area contributed by atoms with Crippen LogP contribution in [0.4, 0.5) is 0 Å². The van der Waals surface area contributed by atoms with Crippen molar-refractivity contribution in [3.05, 3.63) is 42.0 Å². The first-order valence-electron chi connectivity index (χ1n) is 12.2. The number of rotatable bonds is 19. The molecule has 0 spiro atoms. The summed E-state index contributed by atoms with van der Waals surface area (Å²) in [6.07, 6.45) is 25.8. The van der Waals surface area contributed by atoms with Crippen molar-refractivity contribution in [1.82, 2.24) is 4.90 Å². The smallest absolute Gasteiger partial charge is 0.00130 e. The molecule has 0 aliphatic carbocycles. The Morgan fingerprint density at radius 3 is 1.68 bits per heavy atom. The number of benzene rings is 1. The van der Waals surface area contributed by atoms with Crippen molar-refractivity contribution in [3.8, 4) is 0 Å². The van der Waals surface area contributed by atoms with E-state index >= 15 is 0 Å². The Morgan fingerprint density at radius 2 is 1.14 bits per heavy atom. The van der Waals surface area contributed by atoms with E-state index in [4.69, 9.17) is 0 Å². The Labute approximate surface area is 176 Å². The van der Waals surface area contributed by atoms with Gasteiger partial charge in [0.25, 0.3) is 0 Å². The minimum absolute atomic E-state index is 1.14. The van der Waals surface area contributed by atoms with Crippen LogP contribution in [0.5, 0.6) is 0 Å². The zero-order valence-electron chi connectivity index (χ0n) is 19.0. The van der Waals surface area contributed by atoms with Gasteiger partial charge in [-0.15, -0.1) is 0 Å². The molecular weight excluding hydrogens is 338 g/mol. The first-order chi connectivity index (χ1) is 13.8. The van der Waals surface area contributed by atoms with Crippen LogP contribution in [0.2, 0.25) is 0 Å². The lowest BCUT2D eigenvalue weighted by Crippen LogP contribution is -2.20. The van der Waals surface area contributed by atoms with Gasteiger partial charge in [-0.3, -0.25) is 0 Å². The van der Waals surface area contributed by atoms with Gasteiger partial charge in [-0.25, -0.2) is 0 Å². The maximum atomic E-state index is 2.48. The van der Waals surface area contributed by atoms with Gasteiger partial charge in [-0.2, -0.15) is 0 Å². The number of unbranched alkanes of at least 4 members (excludes halogenated alkanes) is 13. The van der Waals surface area contributed by atoms with Crippen LogP contribution in [-0.4, -0.2) is 25.0 Å². The van der Waals surface area contributed by atoms with Crippen molar-refractivity contribution in [2.24, 2.45) is 0 Å². The van der Waals surface area contributed by atoms with Crippen molar-refractivity contribution in [1.29, 1.82) is 0 Å². The highest BCUT2D eigenvalue weighted by molar-refractivity contribution is 5.48. The molecule has 0 bridgehead atoms. The highest BCUT2D eigenvalue weighted by Crippen LogP contribution is 2.13. The first kappa shape index (κ1) is 25.0. The van der Waals surface area contributed by atoms with Gasteiger partial charge in [0.2, 0.25) is 0 Å². The third kappa shape index (κ3) is 15.9. The summed E-state index contributed by atoms with van der Waals surface area (Å²) < 4.78 is 0. The van der Waals surface area contributed by atoms with Gasteiger partial charge in [0.05, 0.1) is 0 Å². The average molecular weight is 386 g/mol. The Bertz CT molecular complexity index is 451. The van der Waals surface area contributed by atoms with Gasteiger partial charge < -0.3 is 4.90 Å². The molecule has 28 heavy (non-hydrogen) atoms. The second-order valence-corrected chi connectivity index (χ2v) is 8.50. The van der Waals surface area contributed by atoms with Crippen LogP contribution in [0.15, 0.2) is 36.4 Å². The van der Waals surface area contributed by atoms with E-state index in [1.807, 2.05) is 0 Å². The van der Waals surface area contributed by atoms with E-state index < -0.39 is 0 Å². The Hall–Kier alpha value is -1.08. The summed E-state index contributed by atoms with van der Waals surface area (Å²) in [6, 6.07) is 10.6. The fraction of sp³-hybridized carbons (Fsp3) is 0.704. The fourth-order valence-corrected chi connectivity index (χ4v) is 3.77. The van der Waals surface area contributed by atoms with Crippen LogP contribution >= 0.6 is 0 Å². The largest absolute Gasteiger partial charge is 0.306 e. The lowest BCUT2D eigenvalue weighted by molar-refractivity contribution is 0.329. The van der Waals surface area contributed by atoms with Crippen LogP contribution in [-0.2, 0) is 0 Å². The maximum Gasteiger partial charge on any atom is 0.00130 e. The van der Waals surface area contributed by atoms with Crippen LogP contribution in [0.3, 0.4) is 0 Å². The van der Waals surface area contributed by atoms with Crippen LogP contribution in [0, 0.1) is 0 Å². The highest BCUT2D eigenvalue weighted by atomic mass is 15.1.